The predicted molar refractivity (Wildman–Crippen MR) is 76.0 cm³/mol. The molecule has 3 nitrogen and oxygen atoms in total. The highest BCUT2D eigenvalue weighted by Crippen LogP contribution is 2.20. The molecule has 0 fully saturated rings. The number of thiazole rings is 1. The van der Waals surface area contributed by atoms with Gasteiger partial charge in [0.25, 0.3) is 0 Å². The average molecular weight is 262 g/mol. The fourth-order valence-corrected chi connectivity index (χ4v) is 2.43. The highest BCUT2D eigenvalue weighted by atomic mass is 32.1. The van der Waals surface area contributed by atoms with Crippen LogP contribution in [-0.2, 0) is 6.54 Å². The van der Waals surface area contributed by atoms with Gasteiger partial charge in [0, 0.05) is 18.1 Å². The van der Waals surface area contributed by atoms with E-state index in [0.29, 0.717) is 0 Å². The molecule has 1 aromatic heterocycles. The van der Waals surface area contributed by atoms with Gasteiger partial charge in [-0.15, -0.1) is 11.3 Å². The van der Waals surface area contributed by atoms with Crippen LogP contribution < -0.4 is 4.90 Å². The second-order valence-corrected chi connectivity index (χ2v) is 5.54. The van der Waals surface area contributed by atoms with Crippen molar-refractivity contribution in [2.75, 3.05) is 11.9 Å². The topological polar surface area (TPSA) is 36.4 Å². The maximum Gasteiger partial charge on any atom is 0.0898 e. The van der Waals surface area contributed by atoms with Crippen molar-refractivity contribution < 1.29 is 5.11 Å². The second-order valence-electron chi connectivity index (χ2n) is 4.48. The molecule has 0 aliphatic carbocycles. The number of aliphatic hydroxyl groups excluding tert-OH is 1. The number of benzene rings is 1. The molecule has 0 aliphatic rings. The van der Waals surface area contributed by atoms with Gasteiger partial charge in [0.1, 0.15) is 0 Å². The van der Waals surface area contributed by atoms with Crippen molar-refractivity contribution in [3.63, 3.8) is 0 Å². The van der Waals surface area contributed by atoms with Crippen LogP contribution in [0.2, 0.25) is 0 Å². The second kappa shape index (κ2) is 5.50. The van der Waals surface area contributed by atoms with Gasteiger partial charge in [-0.3, -0.25) is 0 Å². The lowest BCUT2D eigenvalue weighted by molar-refractivity contribution is 0.199. The van der Waals surface area contributed by atoms with E-state index in [9.17, 15) is 5.11 Å². The van der Waals surface area contributed by atoms with E-state index in [1.807, 2.05) is 38.2 Å². The number of rotatable bonds is 4. The molecular formula is C14H18N2OS. The van der Waals surface area contributed by atoms with E-state index in [0.717, 1.165) is 28.5 Å². The van der Waals surface area contributed by atoms with Gasteiger partial charge in [0.15, 0.2) is 0 Å². The van der Waals surface area contributed by atoms with Gasteiger partial charge in [0.05, 0.1) is 23.4 Å². The van der Waals surface area contributed by atoms with Crippen molar-refractivity contribution >= 4 is 17.0 Å². The highest BCUT2D eigenvalue weighted by Gasteiger charge is 2.06. The molecule has 0 saturated heterocycles. The summed E-state index contributed by atoms with van der Waals surface area (Å²) >= 11 is 1.68. The van der Waals surface area contributed by atoms with E-state index in [2.05, 4.69) is 15.3 Å². The third-order valence-electron chi connectivity index (χ3n) is 2.88. The number of aliphatic hydroxyl groups is 1. The number of hydrogen-bond donors (Lipinski definition) is 1. The summed E-state index contributed by atoms with van der Waals surface area (Å²) in [6.45, 7) is 4.60. The van der Waals surface area contributed by atoms with Crippen LogP contribution in [0.4, 0.5) is 5.69 Å². The predicted octanol–water partition coefficient (Wildman–Crippen LogP) is 3.14. The summed E-state index contributed by atoms with van der Waals surface area (Å²) in [5.74, 6) is 0. The van der Waals surface area contributed by atoms with Gasteiger partial charge < -0.3 is 10.0 Å². The quantitative estimate of drug-likeness (QED) is 0.919. The molecular weight excluding hydrogens is 244 g/mol. The molecule has 1 N–H and O–H groups in total. The number of hydrogen-bond acceptors (Lipinski definition) is 4. The first-order chi connectivity index (χ1) is 8.56. The molecule has 1 atom stereocenters. The Morgan fingerprint density at radius 1 is 1.33 bits per heavy atom. The molecule has 0 unspecified atom stereocenters. The average Bonchev–Trinajstić information content (AvgIpc) is 2.75. The number of aryl methyl sites for hydroxylation is 1. The van der Waals surface area contributed by atoms with E-state index in [4.69, 9.17) is 0 Å². The van der Waals surface area contributed by atoms with Crippen LogP contribution in [0.5, 0.6) is 0 Å². The highest BCUT2D eigenvalue weighted by molar-refractivity contribution is 7.09. The first kappa shape index (κ1) is 13.1. The molecule has 0 saturated carbocycles. The molecule has 1 heterocycles. The normalized spacial score (nSPS) is 12.4. The largest absolute Gasteiger partial charge is 0.389 e. The van der Waals surface area contributed by atoms with Gasteiger partial charge in [0.2, 0.25) is 0 Å². The van der Waals surface area contributed by atoms with Gasteiger partial charge in [-0.05, 0) is 31.5 Å². The van der Waals surface area contributed by atoms with Gasteiger partial charge in [-0.1, -0.05) is 12.1 Å². The van der Waals surface area contributed by atoms with Gasteiger partial charge >= 0.3 is 0 Å². The van der Waals surface area contributed by atoms with Crippen LogP contribution in [0, 0.1) is 6.92 Å². The number of anilines is 1. The Bertz CT molecular complexity index is 505. The summed E-state index contributed by atoms with van der Waals surface area (Å²) in [6, 6.07) is 7.98. The summed E-state index contributed by atoms with van der Waals surface area (Å²) < 4.78 is 0. The minimum Gasteiger partial charge on any atom is -0.389 e. The first-order valence-electron chi connectivity index (χ1n) is 5.96. The number of nitrogens with zero attached hydrogens (tertiary/aromatic N) is 2. The van der Waals surface area contributed by atoms with E-state index < -0.39 is 6.10 Å². The molecule has 0 radical (unpaired) electrons. The molecule has 2 rings (SSSR count). The Morgan fingerprint density at radius 2 is 2.00 bits per heavy atom. The molecule has 0 bridgehead atoms. The van der Waals surface area contributed by atoms with Crippen LogP contribution in [0.1, 0.15) is 29.3 Å². The summed E-state index contributed by atoms with van der Waals surface area (Å²) in [5, 5.41) is 12.7. The Morgan fingerprint density at radius 3 is 2.50 bits per heavy atom. The minimum atomic E-state index is -0.412. The molecule has 2 aromatic rings. The Balaban J connectivity index is 2.06. The molecule has 0 aliphatic heterocycles. The fourth-order valence-electron chi connectivity index (χ4n) is 1.82. The van der Waals surface area contributed by atoms with Crippen LogP contribution in [0.15, 0.2) is 29.6 Å². The molecule has 0 spiro atoms. The van der Waals surface area contributed by atoms with Crippen molar-refractivity contribution in [1.82, 2.24) is 4.98 Å². The van der Waals surface area contributed by atoms with Crippen molar-refractivity contribution in [2.24, 2.45) is 0 Å². The molecule has 18 heavy (non-hydrogen) atoms. The van der Waals surface area contributed by atoms with E-state index in [1.54, 1.807) is 18.3 Å². The fraction of sp³-hybridized carbons (Fsp3) is 0.357. The molecule has 0 amide bonds. The van der Waals surface area contributed by atoms with Crippen molar-refractivity contribution in [1.29, 1.82) is 0 Å². The Kier molecular flexibility index (Phi) is 3.99. The first-order valence-corrected chi connectivity index (χ1v) is 6.84. The van der Waals surface area contributed by atoms with E-state index in [-0.39, 0.29) is 0 Å². The maximum absolute atomic E-state index is 9.47. The third-order valence-corrected chi connectivity index (χ3v) is 3.70. The van der Waals surface area contributed by atoms with E-state index in [1.165, 1.54) is 0 Å². The molecule has 1 aromatic carbocycles. The van der Waals surface area contributed by atoms with Crippen molar-refractivity contribution in [2.45, 2.75) is 26.5 Å². The lowest BCUT2D eigenvalue weighted by Crippen LogP contribution is -2.16. The van der Waals surface area contributed by atoms with Crippen LogP contribution >= 0.6 is 11.3 Å². The summed E-state index contributed by atoms with van der Waals surface area (Å²) in [4.78, 5) is 6.61. The lowest BCUT2D eigenvalue weighted by Gasteiger charge is -2.18. The van der Waals surface area contributed by atoms with E-state index >= 15 is 0 Å². The molecule has 4 heteroatoms. The zero-order valence-corrected chi connectivity index (χ0v) is 11.7. The third kappa shape index (κ3) is 3.09. The minimum absolute atomic E-state index is 0.412. The van der Waals surface area contributed by atoms with Crippen molar-refractivity contribution in [3.8, 4) is 0 Å². The summed E-state index contributed by atoms with van der Waals surface area (Å²) in [5.41, 5.74) is 3.17. The van der Waals surface area contributed by atoms with Crippen molar-refractivity contribution in [3.05, 3.63) is 45.9 Å². The Hall–Kier alpha value is -1.39. The SMILES string of the molecule is Cc1nc(CN(C)c2ccc([C@@H](C)O)cc2)cs1. The van der Waals surface area contributed by atoms with Crippen LogP contribution in [0.25, 0.3) is 0 Å². The lowest BCUT2D eigenvalue weighted by atomic mass is 10.1. The Labute approximate surface area is 112 Å². The summed E-state index contributed by atoms with van der Waals surface area (Å²) in [6.07, 6.45) is -0.412. The smallest absolute Gasteiger partial charge is 0.0898 e. The zero-order valence-electron chi connectivity index (χ0n) is 10.9. The van der Waals surface area contributed by atoms with Gasteiger partial charge in [-0.2, -0.15) is 0 Å². The monoisotopic (exact) mass is 262 g/mol. The summed E-state index contributed by atoms with van der Waals surface area (Å²) in [7, 11) is 2.05. The van der Waals surface area contributed by atoms with Gasteiger partial charge in [-0.25, -0.2) is 4.98 Å². The van der Waals surface area contributed by atoms with Crippen LogP contribution in [-0.4, -0.2) is 17.1 Å². The standard InChI is InChI=1S/C14H18N2OS/c1-10(17)12-4-6-14(7-5-12)16(3)8-13-9-18-11(2)15-13/h4-7,9-10,17H,8H2,1-3H3/t10-/m1/s1. The zero-order chi connectivity index (χ0) is 13.1. The van der Waals surface area contributed by atoms with Crippen LogP contribution in [0.3, 0.4) is 0 Å². The maximum atomic E-state index is 9.47. The number of aromatic nitrogens is 1. The molecule has 96 valence electrons.